The number of carbonyl (C=O) groups is 1. The summed E-state index contributed by atoms with van der Waals surface area (Å²) in [6.07, 6.45) is 9.02. The van der Waals surface area contributed by atoms with Crippen molar-refractivity contribution in [2.75, 3.05) is 45.9 Å². The lowest BCUT2D eigenvalue weighted by Crippen LogP contribution is -2.49. The van der Waals surface area contributed by atoms with Crippen LogP contribution in [0.4, 0.5) is 0 Å². The van der Waals surface area contributed by atoms with E-state index in [0.717, 1.165) is 38.2 Å². The third kappa shape index (κ3) is 5.47. The van der Waals surface area contributed by atoms with Crippen molar-refractivity contribution in [3.8, 4) is 11.5 Å². The number of ether oxygens (including phenoxy) is 2. The van der Waals surface area contributed by atoms with Gasteiger partial charge < -0.3 is 24.8 Å². The van der Waals surface area contributed by atoms with Crippen LogP contribution in [0.5, 0.6) is 11.5 Å². The number of hydrogen-bond donors (Lipinski definition) is 2. The lowest BCUT2D eigenvalue weighted by atomic mass is 9.94. The Hall–Kier alpha value is -1.83. The maximum absolute atomic E-state index is 13.3. The first-order chi connectivity index (χ1) is 16.2. The van der Waals surface area contributed by atoms with E-state index >= 15 is 0 Å². The summed E-state index contributed by atoms with van der Waals surface area (Å²) in [7, 11) is 0. The molecule has 1 amide bonds. The SMILES string of the molecule is O=C(N[C@H](CN1CCCC1)[C@H](O)c1ccc2c(c1)OCCO2)[C@H]1CCN(C2CCCCC2)C1. The second kappa shape index (κ2) is 10.6. The van der Waals surface area contributed by atoms with Crippen molar-refractivity contribution in [1.82, 2.24) is 15.1 Å². The third-order valence-corrected chi connectivity index (χ3v) is 7.95. The van der Waals surface area contributed by atoms with Gasteiger partial charge in [0.2, 0.25) is 5.91 Å². The summed E-state index contributed by atoms with van der Waals surface area (Å²) >= 11 is 0. The zero-order valence-corrected chi connectivity index (χ0v) is 19.7. The largest absolute Gasteiger partial charge is 0.486 e. The van der Waals surface area contributed by atoms with Gasteiger partial charge in [0.25, 0.3) is 0 Å². The first kappa shape index (κ1) is 22.9. The standard InChI is InChI=1S/C26H39N3O4/c30-25(19-8-9-23-24(16-19)33-15-14-32-23)22(18-28-11-4-5-12-28)27-26(31)20-10-13-29(17-20)21-6-2-1-3-7-21/h8-9,16,20-22,25,30H,1-7,10-15,17-18H2,(H,27,31)/t20-,22+,25+/m0/s1. The maximum Gasteiger partial charge on any atom is 0.224 e. The van der Waals surface area contributed by atoms with E-state index in [0.29, 0.717) is 37.3 Å². The molecule has 0 aromatic heterocycles. The number of aliphatic hydroxyl groups is 1. The fraction of sp³-hybridized carbons (Fsp3) is 0.731. The van der Waals surface area contributed by atoms with Gasteiger partial charge in [-0.25, -0.2) is 0 Å². The molecule has 2 saturated heterocycles. The van der Waals surface area contributed by atoms with Gasteiger partial charge in [-0.15, -0.1) is 0 Å². The molecule has 3 aliphatic heterocycles. The molecular formula is C26H39N3O4. The van der Waals surface area contributed by atoms with Crippen molar-refractivity contribution in [2.24, 2.45) is 5.92 Å². The highest BCUT2D eigenvalue weighted by Gasteiger charge is 2.35. The van der Waals surface area contributed by atoms with Crippen LogP contribution < -0.4 is 14.8 Å². The molecule has 0 radical (unpaired) electrons. The Labute approximate surface area is 197 Å². The number of carbonyl (C=O) groups excluding carboxylic acids is 1. The number of rotatable bonds is 7. The molecule has 1 aromatic rings. The van der Waals surface area contributed by atoms with Crippen LogP contribution in [0.25, 0.3) is 0 Å². The van der Waals surface area contributed by atoms with Gasteiger partial charge in [-0.05, 0) is 69.4 Å². The number of nitrogens with one attached hydrogen (secondary N) is 1. The Kier molecular flexibility index (Phi) is 7.38. The van der Waals surface area contributed by atoms with E-state index in [9.17, 15) is 9.90 Å². The molecule has 1 saturated carbocycles. The summed E-state index contributed by atoms with van der Waals surface area (Å²) in [4.78, 5) is 18.2. The monoisotopic (exact) mass is 457 g/mol. The van der Waals surface area contributed by atoms with Crippen LogP contribution in [-0.4, -0.2) is 78.8 Å². The van der Waals surface area contributed by atoms with Gasteiger partial charge in [0.1, 0.15) is 19.3 Å². The van der Waals surface area contributed by atoms with Crippen molar-refractivity contribution in [3.63, 3.8) is 0 Å². The molecule has 0 spiro atoms. The Morgan fingerprint density at radius 2 is 1.76 bits per heavy atom. The fourth-order valence-electron chi connectivity index (χ4n) is 6.02. The van der Waals surface area contributed by atoms with Crippen LogP contribution in [0, 0.1) is 5.92 Å². The number of amides is 1. The Morgan fingerprint density at radius 1 is 1.00 bits per heavy atom. The topological polar surface area (TPSA) is 74.3 Å². The number of benzene rings is 1. The van der Waals surface area contributed by atoms with E-state index in [-0.39, 0.29) is 17.9 Å². The quantitative estimate of drug-likeness (QED) is 0.656. The number of hydrogen-bond acceptors (Lipinski definition) is 6. The van der Waals surface area contributed by atoms with Crippen LogP contribution >= 0.6 is 0 Å². The van der Waals surface area contributed by atoms with E-state index in [1.54, 1.807) is 0 Å². The maximum atomic E-state index is 13.3. The fourth-order valence-corrected chi connectivity index (χ4v) is 6.02. The van der Waals surface area contributed by atoms with Crippen LogP contribution in [0.1, 0.15) is 63.0 Å². The highest BCUT2D eigenvalue weighted by molar-refractivity contribution is 5.79. The minimum atomic E-state index is -0.791. The summed E-state index contributed by atoms with van der Waals surface area (Å²) in [5.74, 6) is 1.49. The molecule has 7 heteroatoms. The smallest absolute Gasteiger partial charge is 0.224 e. The van der Waals surface area contributed by atoms with Gasteiger partial charge in [-0.2, -0.15) is 0 Å². The summed E-state index contributed by atoms with van der Waals surface area (Å²) in [5, 5.41) is 14.6. The van der Waals surface area contributed by atoms with E-state index in [4.69, 9.17) is 9.47 Å². The Morgan fingerprint density at radius 3 is 2.55 bits per heavy atom. The van der Waals surface area contributed by atoms with Crippen molar-refractivity contribution < 1.29 is 19.4 Å². The molecule has 3 heterocycles. The molecule has 0 unspecified atom stereocenters. The average molecular weight is 458 g/mol. The zero-order chi connectivity index (χ0) is 22.6. The van der Waals surface area contributed by atoms with Crippen LogP contribution in [0.3, 0.4) is 0 Å². The summed E-state index contributed by atoms with van der Waals surface area (Å²) in [6.45, 7) is 5.65. The lowest BCUT2D eigenvalue weighted by Gasteiger charge is -2.32. The van der Waals surface area contributed by atoms with Gasteiger partial charge in [0.15, 0.2) is 11.5 Å². The van der Waals surface area contributed by atoms with Gasteiger partial charge in [0.05, 0.1) is 12.0 Å². The summed E-state index contributed by atoms with van der Waals surface area (Å²) in [6, 6.07) is 5.92. The Balaban J connectivity index is 1.25. The number of likely N-dealkylation sites (tertiary alicyclic amines) is 2. The Bertz CT molecular complexity index is 807. The highest BCUT2D eigenvalue weighted by Crippen LogP contribution is 2.34. The lowest BCUT2D eigenvalue weighted by molar-refractivity contribution is -0.126. The molecule has 2 N–H and O–H groups in total. The second-order valence-electron chi connectivity index (χ2n) is 10.2. The van der Waals surface area contributed by atoms with E-state index < -0.39 is 6.10 Å². The molecule has 5 rings (SSSR count). The predicted octanol–water partition coefficient (Wildman–Crippen LogP) is 2.73. The minimum absolute atomic E-state index is 0.0143. The third-order valence-electron chi connectivity index (χ3n) is 7.95. The molecular weight excluding hydrogens is 418 g/mol. The average Bonchev–Trinajstić information content (AvgIpc) is 3.56. The molecule has 33 heavy (non-hydrogen) atoms. The molecule has 7 nitrogen and oxygen atoms in total. The van der Waals surface area contributed by atoms with Gasteiger partial charge >= 0.3 is 0 Å². The normalized spacial score (nSPS) is 26.3. The van der Waals surface area contributed by atoms with Crippen molar-refractivity contribution in [2.45, 2.75) is 69.6 Å². The molecule has 3 fully saturated rings. The molecule has 0 bridgehead atoms. The predicted molar refractivity (Wildman–Crippen MR) is 127 cm³/mol. The molecule has 1 aliphatic carbocycles. The van der Waals surface area contributed by atoms with Crippen LogP contribution in [0.2, 0.25) is 0 Å². The molecule has 182 valence electrons. The first-order valence-corrected chi connectivity index (χ1v) is 13.0. The van der Waals surface area contributed by atoms with E-state index in [1.807, 2.05) is 18.2 Å². The van der Waals surface area contributed by atoms with Gasteiger partial charge in [-0.1, -0.05) is 25.3 Å². The van der Waals surface area contributed by atoms with Gasteiger partial charge in [-0.3, -0.25) is 9.69 Å². The molecule has 3 atom stereocenters. The first-order valence-electron chi connectivity index (χ1n) is 13.0. The molecule has 4 aliphatic rings. The highest BCUT2D eigenvalue weighted by atomic mass is 16.6. The van der Waals surface area contributed by atoms with Crippen molar-refractivity contribution >= 4 is 5.91 Å². The number of nitrogens with zero attached hydrogens (tertiary/aromatic N) is 2. The van der Waals surface area contributed by atoms with Crippen LogP contribution in [-0.2, 0) is 4.79 Å². The number of fused-ring (bicyclic) bond motifs is 1. The molecule has 1 aromatic carbocycles. The van der Waals surface area contributed by atoms with Crippen LogP contribution in [0.15, 0.2) is 18.2 Å². The second-order valence-corrected chi connectivity index (χ2v) is 10.2. The zero-order valence-electron chi connectivity index (χ0n) is 19.7. The summed E-state index contributed by atoms with van der Waals surface area (Å²) in [5.41, 5.74) is 0.763. The minimum Gasteiger partial charge on any atom is -0.486 e. The van der Waals surface area contributed by atoms with E-state index in [1.165, 1.54) is 44.9 Å². The summed E-state index contributed by atoms with van der Waals surface area (Å²) < 4.78 is 11.3. The van der Waals surface area contributed by atoms with Crippen molar-refractivity contribution in [1.29, 1.82) is 0 Å². The van der Waals surface area contributed by atoms with Gasteiger partial charge in [0, 0.05) is 19.1 Å². The van der Waals surface area contributed by atoms with E-state index in [2.05, 4.69) is 15.1 Å². The number of aliphatic hydroxyl groups excluding tert-OH is 1. The van der Waals surface area contributed by atoms with Crippen molar-refractivity contribution in [3.05, 3.63) is 23.8 Å².